The molecule has 6 heteroatoms. The van der Waals surface area contributed by atoms with Crippen molar-refractivity contribution < 1.29 is 13.9 Å². The van der Waals surface area contributed by atoms with Gasteiger partial charge in [0.05, 0.1) is 17.9 Å². The molecule has 84 valence electrons. The lowest BCUT2D eigenvalue weighted by Crippen LogP contribution is -2.04. The van der Waals surface area contributed by atoms with Gasteiger partial charge in [-0.1, -0.05) is 6.07 Å². The smallest absolute Gasteiger partial charge is 0.129 e. The Morgan fingerprint density at radius 1 is 1.38 bits per heavy atom. The predicted molar refractivity (Wildman–Crippen MR) is 54.9 cm³/mol. The molecule has 1 unspecified atom stereocenters. The van der Waals surface area contributed by atoms with Crippen molar-refractivity contribution in [1.29, 1.82) is 0 Å². The van der Waals surface area contributed by atoms with Crippen LogP contribution in [-0.2, 0) is 6.42 Å². The van der Waals surface area contributed by atoms with Crippen LogP contribution >= 0.6 is 11.7 Å². The Bertz CT molecular complexity index is 476. The highest BCUT2D eigenvalue weighted by atomic mass is 32.1. The third-order valence-electron chi connectivity index (χ3n) is 2.15. The second-order valence-corrected chi connectivity index (χ2v) is 3.84. The van der Waals surface area contributed by atoms with E-state index in [9.17, 15) is 13.9 Å². The summed E-state index contributed by atoms with van der Waals surface area (Å²) in [5.74, 6) is -1.30. The summed E-state index contributed by atoms with van der Waals surface area (Å²) in [5, 5.41) is 9.70. The Kier molecular flexibility index (Phi) is 3.21. The molecule has 2 rings (SSSR count). The van der Waals surface area contributed by atoms with Crippen LogP contribution in [0.2, 0.25) is 0 Å². The van der Waals surface area contributed by atoms with Gasteiger partial charge >= 0.3 is 0 Å². The zero-order valence-corrected chi connectivity index (χ0v) is 8.92. The average Bonchev–Trinajstić information content (AvgIpc) is 2.75. The molecule has 2 aromatic rings. The van der Waals surface area contributed by atoms with Gasteiger partial charge in [-0.2, -0.15) is 8.75 Å². The summed E-state index contributed by atoms with van der Waals surface area (Å²) in [6, 6.07) is 3.26. The minimum Gasteiger partial charge on any atom is -0.386 e. The van der Waals surface area contributed by atoms with Crippen molar-refractivity contribution >= 4 is 11.7 Å². The summed E-state index contributed by atoms with van der Waals surface area (Å²) in [6.07, 6.45) is 0.563. The summed E-state index contributed by atoms with van der Waals surface area (Å²) in [4.78, 5) is 0. The summed E-state index contributed by atoms with van der Waals surface area (Å²) >= 11 is 0.971. The first-order chi connectivity index (χ1) is 7.66. The van der Waals surface area contributed by atoms with Gasteiger partial charge in [0.15, 0.2) is 0 Å². The van der Waals surface area contributed by atoms with Crippen molar-refractivity contribution in [2.45, 2.75) is 12.5 Å². The van der Waals surface area contributed by atoms with Gasteiger partial charge in [-0.25, -0.2) is 8.78 Å². The van der Waals surface area contributed by atoms with Crippen molar-refractivity contribution in [3.8, 4) is 0 Å². The van der Waals surface area contributed by atoms with E-state index in [1.54, 1.807) is 0 Å². The normalized spacial score (nSPS) is 12.7. The van der Waals surface area contributed by atoms with Crippen LogP contribution in [0, 0.1) is 11.6 Å². The van der Waals surface area contributed by atoms with Crippen LogP contribution in [0.25, 0.3) is 0 Å². The third-order valence-corrected chi connectivity index (χ3v) is 2.64. The number of hydrogen-bond donors (Lipinski definition) is 1. The molecule has 1 heterocycles. The van der Waals surface area contributed by atoms with Gasteiger partial charge < -0.3 is 5.11 Å². The number of benzene rings is 1. The molecule has 0 fully saturated rings. The molecule has 1 N–H and O–H groups in total. The van der Waals surface area contributed by atoms with Crippen LogP contribution in [-0.4, -0.2) is 13.9 Å². The zero-order chi connectivity index (χ0) is 11.5. The van der Waals surface area contributed by atoms with Crippen LogP contribution < -0.4 is 0 Å². The van der Waals surface area contributed by atoms with Crippen LogP contribution in [0.15, 0.2) is 24.4 Å². The number of nitrogens with zero attached hydrogens (tertiary/aromatic N) is 2. The van der Waals surface area contributed by atoms with Crippen LogP contribution in [0.5, 0.6) is 0 Å². The van der Waals surface area contributed by atoms with Gasteiger partial charge in [0.25, 0.3) is 0 Å². The number of hydrogen-bond acceptors (Lipinski definition) is 4. The van der Waals surface area contributed by atoms with Gasteiger partial charge in [-0.05, 0) is 11.6 Å². The van der Waals surface area contributed by atoms with Gasteiger partial charge in [-0.15, -0.1) is 0 Å². The van der Waals surface area contributed by atoms with Gasteiger partial charge in [0.1, 0.15) is 23.4 Å². The number of rotatable bonds is 3. The lowest BCUT2D eigenvalue weighted by Gasteiger charge is -2.08. The molecule has 0 aliphatic carbocycles. The van der Waals surface area contributed by atoms with E-state index in [0.717, 1.165) is 23.9 Å². The maximum absolute atomic E-state index is 13.3. The average molecular weight is 242 g/mol. The molecule has 0 amide bonds. The zero-order valence-electron chi connectivity index (χ0n) is 8.10. The van der Waals surface area contributed by atoms with Crippen LogP contribution in [0.3, 0.4) is 0 Å². The highest BCUT2D eigenvalue weighted by Crippen LogP contribution is 2.19. The monoisotopic (exact) mass is 242 g/mol. The molecule has 3 nitrogen and oxygen atoms in total. The second-order valence-electron chi connectivity index (χ2n) is 3.29. The standard InChI is InChI=1S/C10H8F2N2OS/c11-7-2-1-6(8(12)4-7)3-10(15)9-5-13-16-14-9/h1-2,4-5,10,15H,3H2. The fraction of sp³-hybridized carbons (Fsp3) is 0.200. The number of aliphatic hydroxyl groups is 1. The molecule has 0 aliphatic rings. The minimum absolute atomic E-state index is 0.0531. The van der Waals surface area contributed by atoms with E-state index in [-0.39, 0.29) is 12.0 Å². The number of aromatic nitrogens is 2. The highest BCUT2D eigenvalue weighted by Gasteiger charge is 2.14. The molecule has 0 aliphatic heterocycles. The van der Waals surface area contributed by atoms with Crippen molar-refractivity contribution in [3.63, 3.8) is 0 Å². The summed E-state index contributed by atoms with van der Waals surface area (Å²) < 4.78 is 33.5. The highest BCUT2D eigenvalue weighted by molar-refractivity contribution is 6.99. The SMILES string of the molecule is OC(Cc1ccc(F)cc1F)c1cnsn1. The quantitative estimate of drug-likeness (QED) is 0.896. The van der Waals surface area contributed by atoms with Gasteiger partial charge in [0.2, 0.25) is 0 Å². The van der Waals surface area contributed by atoms with E-state index in [2.05, 4.69) is 8.75 Å². The van der Waals surface area contributed by atoms with E-state index in [1.165, 1.54) is 12.3 Å². The molecule has 0 saturated heterocycles. The first-order valence-corrected chi connectivity index (χ1v) is 5.29. The fourth-order valence-electron chi connectivity index (χ4n) is 1.32. The molecular weight excluding hydrogens is 234 g/mol. The van der Waals surface area contributed by atoms with Crippen molar-refractivity contribution in [2.75, 3.05) is 0 Å². The first-order valence-electron chi connectivity index (χ1n) is 4.56. The Labute approximate surface area is 94.7 Å². The minimum atomic E-state index is -0.918. The van der Waals surface area contributed by atoms with Crippen LogP contribution in [0.1, 0.15) is 17.4 Å². The summed E-state index contributed by atoms with van der Waals surface area (Å²) in [5.41, 5.74) is 0.649. The van der Waals surface area contributed by atoms with E-state index >= 15 is 0 Å². The molecule has 0 bridgehead atoms. The fourth-order valence-corrected chi connectivity index (χ4v) is 1.78. The number of halogens is 2. The Morgan fingerprint density at radius 2 is 2.19 bits per heavy atom. The molecule has 1 aromatic heterocycles. The topological polar surface area (TPSA) is 46.0 Å². The van der Waals surface area contributed by atoms with E-state index in [0.29, 0.717) is 5.69 Å². The van der Waals surface area contributed by atoms with Gasteiger partial charge in [-0.3, -0.25) is 0 Å². The molecule has 16 heavy (non-hydrogen) atoms. The lowest BCUT2D eigenvalue weighted by molar-refractivity contribution is 0.173. The molecule has 0 radical (unpaired) electrons. The summed E-state index contributed by atoms with van der Waals surface area (Å²) in [6.45, 7) is 0. The maximum atomic E-state index is 13.3. The van der Waals surface area contributed by atoms with E-state index in [4.69, 9.17) is 0 Å². The molecule has 0 saturated carbocycles. The summed E-state index contributed by atoms with van der Waals surface area (Å²) in [7, 11) is 0. The van der Waals surface area contributed by atoms with E-state index < -0.39 is 17.7 Å². The number of aliphatic hydroxyl groups excluding tert-OH is 1. The molecular formula is C10H8F2N2OS. The molecule has 1 aromatic carbocycles. The van der Waals surface area contributed by atoms with Crippen LogP contribution in [0.4, 0.5) is 8.78 Å². The maximum Gasteiger partial charge on any atom is 0.129 e. The lowest BCUT2D eigenvalue weighted by atomic mass is 10.1. The first kappa shape index (κ1) is 11.1. The molecule has 0 spiro atoms. The predicted octanol–water partition coefficient (Wildman–Crippen LogP) is 2.09. The van der Waals surface area contributed by atoms with E-state index in [1.807, 2.05) is 0 Å². The molecule has 1 atom stereocenters. The van der Waals surface area contributed by atoms with Crippen molar-refractivity contribution in [3.05, 3.63) is 47.3 Å². The Balaban J connectivity index is 2.15. The van der Waals surface area contributed by atoms with Crippen molar-refractivity contribution in [2.24, 2.45) is 0 Å². The second kappa shape index (κ2) is 4.63. The van der Waals surface area contributed by atoms with Crippen molar-refractivity contribution in [1.82, 2.24) is 8.75 Å². The Morgan fingerprint density at radius 3 is 2.81 bits per heavy atom. The Hall–Kier alpha value is -1.40. The van der Waals surface area contributed by atoms with Gasteiger partial charge in [0, 0.05) is 12.5 Å². The third kappa shape index (κ3) is 2.40. The largest absolute Gasteiger partial charge is 0.386 e.